The van der Waals surface area contributed by atoms with Gasteiger partial charge in [-0.3, -0.25) is 0 Å². The summed E-state index contributed by atoms with van der Waals surface area (Å²) in [5, 5.41) is 13.4. The molecule has 0 bridgehead atoms. The first-order valence-electron chi connectivity index (χ1n) is 11.5. The van der Waals surface area contributed by atoms with Crippen LogP contribution in [0.5, 0.6) is 0 Å². The van der Waals surface area contributed by atoms with Gasteiger partial charge in [0.1, 0.15) is 0 Å². The Morgan fingerprint density at radius 1 is 0.452 bits per heavy atom. The van der Waals surface area contributed by atoms with E-state index in [9.17, 15) is 0 Å². The molecule has 0 nitrogen and oxygen atoms in total. The quantitative estimate of drug-likeness (QED) is 0.205. The van der Waals surface area contributed by atoms with Crippen molar-refractivity contribution in [3.63, 3.8) is 0 Å². The van der Waals surface area contributed by atoms with E-state index in [0.29, 0.717) is 0 Å². The molecule has 0 heteroatoms. The maximum atomic E-state index is 2.39. The van der Waals surface area contributed by atoms with Crippen LogP contribution in [0, 0.1) is 0 Å². The van der Waals surface area contributed by atoms with Crippen LogP contribution < -0.4 is 0 Å². The van der Waals surface area contributed by atoms with Gasteiger partial charge < -0.3 is 0 Å². The first-order valence-corrected chi connectivity index (χ1v) is 11.5. The molecule has 6 aromatic carbocycles. The standard InChI is InChI=1S/C31H26/c1-2-3-4-7-21-10-13-25-23(20-21)12-15-29-27(25)17-19-30-28-14-11-22-8-5-6-9-24(22)26(28)16-18-31(29)30/h5-6,8-20H,2-4,7H2,1H3. The highest BCUT2D eigenvalue weighted by atomic mass is 14.1. The Morgan fingerprint density at radius 3 is 1.65 bits per heavy atom. The molecule has 0 saturated heterocycles. The zero-order chi connectivity index (χ0) is 20.8. The molecule has 0 amide bonds. The van der Waals surface area contributed by atoms with Crippen molar-refractivity contribution in [2.75, 3.05) is 0 Å². The lowest BCUT2D eigenvalue weighted by molar-refractivity contribution is 0.718. The lowest BCUT2D eigenvalue weighted by atomic mass is 9.92. The zero-order valence-electron chi connectivity index (χ0n) is 18.0. The highest BCUT2D eigenvalue weighted by molar-refractivity contribution is 6.24. The number of fused-ring (bicyclic) bond motifs is 9. The Balaban J connectivity index is 1.57. The van der Waals surface area contributed by atoms with Crippen LogP contribution in [0.2, 0.25) is 0 Å². The van der Waals surface area contributed by atoms with Crippen LogP contribution >= 0.6 is 0 Å². The number of unbranched alkanes of at least 4 members (excludes halogenated alkanes) is 2. The molecule has 0 spiro atoms. The SMILES string of the molecule is CCCCCc1ccc2c(ccc3c2ccc2c4ccc5ccccc5c4ccc32)c1. The second kappa shape index (κ2) is 7.39. The van der Waals surface area contributed by atoms with Crippen molar-refractivity contribution in [2.45, 2.75) is 32.6 Å². The normalized spacial score (nSPS) is 11.9. The van der Waals surface area contributed by atoms with E-state index in [1.165, 1.54) is 85.1 Å². The zero-order valence-corrected chi connectivity index (χ0v) is 18.0. The van der Waals surface area contributed by atoms with Crippen molar-refractivity contribution in [1.29, 1.82) is 0 Å². The highest BCUT2D eigenvalue weighted by Crippen LogP contribution is 2.37. The summed E-state index contributed by atoms with van der Waals surface area (Å²) in [6, 6.07) is 34.2. The molecule has 150 valence electrons. The topological polar surface area (TPSA) is 0 Å². The lowest BCUT2D eigenvalue weighted by Crippen LogP contribution is -1.87. The molecule has 0 aromatic heterocycles. The van der Waals surface area contributed by atoms with Crippen LogP contribution in [0.3, 0.4) is 0 Å². The third-order valence-corrected chi connectivity index (χ3v) is 6.87. The molecule has 6 rings (SSSR count). The molecular weight excluding hydrogens is 372 g/mol. The predicted octanol–water partition coefficient (Wildman–Crippen LogP) is 9.19. The Kier molecular flexibility index (Phi) is 4.39. The van der Waals surface area contributed by atoms with Crippen molar-refractivity contribution in [3.05, 3.63) is 96.6 Å². The van der Waals surface area contributed by atoms with Gasteiger partial charge in [0.15, 0.2) is 0 Å². The van der Waals surface area contributed by atoms with E-state index in [-0.39, 0.29) is 0 Å². The molecule has 0 heterocycles. The van der Waals surface area contributed by atoms with Crippen LogP contribution in [0.1, 0.15) is 31.7 Å². The maximum absolute atomic E-state index is 2.39. The monoisotopic (exact) mass is 398 g/mol. The molecule has 0 aliphatic rings. The van der Waals surface area contributed by atoms with E-state index in [2.05, 4.69) is 97.9 Å². The van der Waals surface area contributed by atoms with E-state index in [1.807, 2.05) is 0 Å². The van der Waals surface area contributed by atoms with Gasteiger partial charge >= 0.3 is 0 Å². The second-order valence-corrected chi connectivity index (χ2v) is 8.78. The molecule has 0 fully saturated rings. The van der Waals surface area contributed by atoms with E-state index >= 15 is 0 Å². The van der Waals surface area contributed by atoms with Gasteiger partial charge in [0.25, 0.3) is 0 Å². The van der Waals surface area contributed by atoms with Crippen molar-refractivity contribution < 1.29 is 0 Å². The van der Waals surface area contributed by atoms with Crippen LogP contribution in [0.15, 0.2) is 91.0 Å². The molecule has 0 aliphatic heterocycles. The fourth-order valence-corrected chi connectivity index (χ4v) is 5.25. The van der Waals surface area contributed by atoms with Crippen LogP contribution in [0.25, 0.3) is 53.9 Å². The molecule has 0 N–H and O–H groups in total. The summed E-state index contributed by atoms with van der Waals surface area (Å²) < 4.78 is 0. The van der Waals surface area contributed by atoms with Gasteiger partial charge in [-0.15, -0.1) is 0 Å². The summed E-state index contributed by atoms with van der Waals surface area (Å²) in [4.78, 5) is 0. The Labute approximate surface area is 183 Å². The van der Waals surface area contributed by atoms with Gasteiger partial charge in [-0.1, -0.05) is 111 Å². The van der Waals surface area contributed by atoms with Gasteiger partial charge in [0.2, 0.25) is 0 Å². The Hall–Kier alpha value is -3.38. The summed E-state index contributed by atoms with van der Waals surface area (Å²) in [6.07, 6.45) is 5.04. The molecular formula is C31H26. The van der Waals surface area contributed by atoms with Crippen LogP contribution in [-0.4, -0.2) is 0 Å². The summed E-state index contributed by atoms with van der Waals surface area (Å²) in [6.45, 7) is 2.27. The largest absolute Gasteiger partial charge is 0.0654 e. The van der Waals surface area contributed by atoms with Crippen LogP contribution in [-0.2, 0) is 6.42 Å². The highest BCUT2D eigenvalue weighted by Gasteiger charge is 2.09. The lowest BCUT2D eigenvalue weighted by Gasteiger charge is -2.12. The number of rotatable bonds is 4. The predicted molar refractivity (Wildman–Crippen MR) is 137 cm³/mol. The molecule has 0 aliphatic carbocycles. The summed E-state index contributed by atoms with van der Waals surface area (Å²) >= 11 is 0. The minimum atomic E-state index is 1.18. The van der Waals surface area contributed by atoms with Crippen molar-refractivity contribution in [1.82, 2.24) is 0 Å². The van der Waals surface area contributed by atoms with Gasteiger partial charge in [0, 0.05) is 0 Å². The maximum Gasteiger partial charge on any atom is -0.00987 e. The molecule has 6 aromatic rings. The minimum absolute atomic E-state index is 1.18. The smallest absolute Gasteiger partial charge is 0.00987 e. The summed E-state index contributed by atoms with van der Waals surface area (Å²) in [5.74, 6) is 0. The average molecular weight is 399 g/mol. The van der Waals surface area contributed by atoms with Crippen molar-refractivity contribution in [3.8, 4) is 0 Å². The third-order valence-electron chi connectivity index (χ3n) is 6.87. The van der Waals surface area contributed by atoms with Crippen molar-refractivity contribution in [2.24, 2.45) is 0 Å². The summed E-state index contributed by atoms with van der Waals surface area (Å²) in [5.41, 5.74) is 1.46. The van der Waals surface area contributed by atoms with Gasteiger partial charge in [-0.2, -0.15) is 0 Å². The first-order chi connectivity index (χ1) is 15.3. The van der Waals surface area contributed by atoms with E-state index < -0.39 is 0 Å². The molecule has 0 unspecified atom stereocenters. The van der Waals surface area contributed by atoms with E-state index in [1.54, 1.807) is 0 Å². The minimum Gasteiger partial charge on any atom is -0.0654 e. The number of hydrogen-bond donors (Lipinski definition) is 0. The average Bonchev–Trinajstić information content (AvgIpc) is 2.83. The Bertz CT molecular complexity index is 1590. The molecule has 0 radical (unpaired) electrons. The van der Waals surface area contributed by atoms with Crippen LogP contribution in [0.4, 0.5) is 0 Å². The third kappa shape index (κ3) is 2.98. The first kappa shape index (κ1) is 18.4. The number of hydrogen-bond acceptors (Lipinski definition) is 0. The van der Waals surface area contributed by atoms with Crippen molar-refractivity contribution >= 4 is 53.9 Å². The molecule has 0 saturated carbocycles. The summed E-state index contributed by atoms with van der Waals surface area (Å²) in [7, 11) is 0. The second-order valence-electron chi connectivity index (χ2n) is 8.78. The number of benzene rings is 6. The fourth-order valence-electron chi connectivity index (χ4n) is 5.25. The van der Waals surface area contributed by atoms with Gasteiger partial charge in [-0.05, 0) is 72.3 Å². The van der Waals surface area contributed by atoms with Gasteiger partial charge in [0.05, 0.1) is 0 Å². The molecule has 31 heavy (non-hydrogen) atoms. The van der Waals surface area contributed by atoms with E-state index in [4.69, 9.17) is 0 Å². The fraction of sp³-hybridized carbons (Fsp3) is 0.161. The number of aryl methyl sites for hydroxylation is 1. The molecule has 0 atom stereocenters. The van der Waals surface area contributed by atoms with Gasteiger partial charge in [-0.25, -0.2) is 0 Å². The Morgan fingerprint density at radius 2 is 0.968 bits per heavy atom. The van der Waals surface area contributed by atoms with E-state index in [0.717, 1.165) is 0 Å².